The Morgan fingerprint density at radius 2 is 0.519 bits per heavy atom. The lowest BCUT2D eigenvalue weighted by Gasteiger charge is -2.04. The van der Waals surface area contributed by atoms with Crippen LogP contribution in [-0.4, -0.2) is 11.5 Å². The van der Waals surface area contributed by atoms with Gasteiger partial charge in [-0.05, 0) is 59.4 Å². The van der Waals surface area contributed by atoms with Crippen molar-refractivity contribution in [1.82, 2.24) is 0 Å². The highest BCUT2D eigenvalue weighted by Gasteiger charge is 2.10. The summed E-state index contributed by atoms with van der Waals surface area (Å²) in [5, 5.41) is 0. The fourth-order valence-corrected chi connectivity index (χ4v) is 7.66. The number of thiol groups is 2. The minimum atomic E-state index is 0.862. The van der Waals surface area contributed by atoms with Crippen LogP contribution in [-0.2, 0) is 26.2 Å². The molecule has 0 aliphatic carbocycles. The van der Waals surface area contributed by atoms with E-state index in [1.807, 2.05) is 0 Å². The lowest BCUT2D eigenvalue weighted by molar-refractivity contribution is -0.697. The lowest BCUT2D eigenvalue weighted by atomic mass is 10.1. The predicted octanol–water partition coefficient (Wildman–Crippen LogP) is 10.4. The molecule has 0 fully saturated rings. The molecule has 4 aromatic heterocycles. The van der Waals surface area contributed by atoms with Gasteiger partial charge in [-0.3, -0.25) is 0 Å². The molecule has 0 unspecified atom stereocenters. The molecule has 54 heavy (non-hydrogen) atoms. The van der Waals surface area contributed by atoms with E-state index in [2.05, 4.69) is 166 Å². The largest absolute Gasteiger partial charge is 0.205 e. The molecule has 0 atom stereocenters. The van der Waals surface area contributed by atoms with Gasteiger partial charge in [-0.25, -0.2) is 18.3 Å². The topological polar surface area (TPSA) is 15.5 Å². The molecular formula is C48H66N4S2+4. The van der Waals surface area contributed by atoms with Crippen molar-refractivity contribution in [3.05, 3.63) is 133 Å². The van der Waals surface area contributed by atoms with E-state index in [1.165, 1.54) is 136 Å². The quantitative estimate of drug-likeness (QED) is 0.0317. The van der Waals surface area contributed by atoms with E-state index >= 15 is 0 Å². The van der Waals surface area contributed by atoms with Crippen LogP contribution >= 0.6 is 25.3 Å². The highest BCUT2D eigenvalue weighted by atomic mass is 32.1. The van der Waals surface area contributed by atoms with Crippen molar-refractivity contribution in [3.8, 4) is 22.3 Å². The summed E-state index contributed by atoms with van der Waals surface area (Å²) in [6.07, 6.45) is 39.0. The molecule has 4 heterocycles. The molecule has 0 radical (unpaired) electrons. The van der Waals surface area contributed by atoms with E-state index in [-0.39, 0.29) is 0 Å². The van der Waals surface area contributed by atoms with E-state index in [0.717, 1.165) is 37.7 Å². The van der Waals surface area contributed by atoms with E-state index in [9.17, 15) is 0 Å². The summed E-state index contributed by atoms with van der Waals surface area (Å²) in [7, 11) is 0. The molecule has 1 aromatic carbocycles. The Morgan fingerprint density at radius 3 is 0.796 bits per heavy atom. The van der Waals surface area contributed by atoms with Gasteiger partial charge >= 0.3 is 0 Å². The Balaban J connectivity index is 0.993. The molecule has 6 heteroatoms. The Labute approximate surface area is 338 Å². The molecule has 286 valence electrons. The van der Waals surface area contributed by atoms with E-state index in [0.29, 0.717) is 0 Å². The Hall–Kier alpha value is -3.48. The zero-order valence-electron chi connectivity index (χ0n) is 32.8. The second kappa shape index (κ2) is 24.8. The first-order chi connectivity index (χ1) is 26.7. The van der Waals surface area contributed by atoms with Crippen LogP contribution in [0, 0.1) is 0 Å². The van der Waals surface area contributed by atoms with E-state index < -0.39 is 0 Å². The van der Waals surface area contributed by atoms with Gasteiger partial charge in [-0.15, -0.1) is 0 Å². The summed E-state index contributed by atoms with van der Waals surface area (Å²) in [4.78, 5) is 0. The smallest absolute Gasteiger partial charge is 0.173 e. The number of rotatable bonds is 26. The van der Waals surface area contributed by atoms with Crippen molar-refractivity contribution in [3.63, 3.8) is 0 Å². The highest BCUT2D eigenvalue weighted by Crippen LogP contribution is 2.18. The van der Waals surface area contributed by atoms with Gasteiger partial charge in [0.1, 0.15) is 13.1 Å². The standard InChI is InChI=1S/C48H64N4S2/c53-39-15-11-7-3-1-5-9-13-29-49-31-21-45(22-32-49)47-25-35-51(36-26-47)41-43-17-19-44(20-18-43)42-52-37-27-48(28-38-52)46-23-33-50(34-24-46)30-14-10-6-2-4-8-12-16-40-54/h17-28,31-38H,1-16,29-30,39-42H2/q+2/p+2. The van der Waals surface area contributed by atoms with Crippen molar-refractivity contribution < 1.29 is 18.3 Å². The number of benzene rings is 1. The zero-order chi connectivity index (χ0) is 37.5. The van der Waals surface area contributed by atoms with Crippen LogP contribution in [0.2, 0.25) is 0 Å². The molecule has 5 rings (SSSR count). The Kier molecular flexibility index (Phi) is 19.2. The van der Waals surface area contributed by atoms with E-state index in [4.69, 9.17) is 0 Å². The summed E-state index contributed by atoms with van der Waals surface area (Å²) < 4.78 is 9.17. The third-order valence-corrected chi connectivity index (χ3v) is 11.3. The lowest BCUT2D eigenvalue weighted by Crippen LogP contribution is -2.34. The third kappa shape index (κ3) is 15.3. The van der Waals surface area contributed by atoms with Crippen molar-refractivity contribution in [1.29, 1.82) is 0 Å². The molecule has 0 aliphatic rings. The molecule has 4 nitrogen and oxygen atoms in total. The minimum Gasteiger partial charge on any atom is -0.205 e. The van der Waals surface area contributed by atoms with Gasteiger partial charge in [0.25, 0.3) is 0 Å². The second-order valence-corrected chi connectivity index (χ2v) is 16.0. The first-order valence-corrected chi connectivity index (χ1v) is 22.2. The van der Waals surface area contributed by atoms with Crippen LogP contribution in [0.15, 0.2) is 122 Å². The van der Waals surface area contributed by atoms with Gasteiger partial charge in [0, 0.05) is 72.5 Å². The third-order valence-electron chi connectivity index (χ3n) is 10.6. The van der Waals surface area contributed by atoms with Crippen LogP contribution in [0.3, 0.4) is 0 Å². The SMILES string of the molecule is SCCCCCCCCCC[n+]1ccc(-c2cc[n+](Cc3ccc(C[n+]4ccc(-c5cc[n+](CCCCCCCCCCS)cc5)cc4)cc3)cc2)cc1. The number of nitrogens with zero attached hydrogens (tertiary/aromatic N) is 4. The Morgan fingerprint density at radius 1 is 0.278 bits per heavy atom. The molecule has 0 saturated carbocycles. The first kappa shape index (κ1) is 41.7. The Bertz CT molecular complexity index is 1570. The van der Waals surface area contributed by atoms with Crippen LogP contribution in [0.5, 0.6) is 0 Å². The van der Waals surface area contributed by atoms with Gasteiger partial charge in [0.15, 0.2) is 62.7 Å². The average Bonchev–Trinajstić information content (AvgIpc) is 3.21. The summed E-state index contributed by atoms with van der Waals surface area (Å²) in [5.41, 5.74) is 7.67. The molecular weight excluding hydrogens is 697 g/mol. The second-order valence-electron chi connectivity index (χ2n) is 15.1. The van der Waals surface area contributed by atoms with Crippen LogP contribution < -0.4 is 18.3 Å². The van der Waals surface area contributed by atoms with Gasteiger partial charge < -0.3 is 0 Å². The van der Waals surface area contributed by atoms with Crippen LogP contribution in [0.4, 0.5) is 0 Å². The minimum absolute atomic E-state index is 0.862. The fraction of sp³-hybridized carbons (Fsp3) is 0.458. The number of hydrogen-bond acceptors (Lipinski definition) is 2. The average molecular weight is 763 g/mol. The fourth-order valence-electron chi connectivity index (χ4n) is 7.21. The maximum Gasteiger partial charge on any atom is 0.173 e. The maximum atomic E-state index is 4.30. The van der Waals surface area contributed by atoms with Gasteiger partial charge in [-0.2, -0.15) is 25.3 Å². The summed E-state index contributed by atoms with van der Waals surface area (Å²) in [6.45, 7) is 3.93. The molecule has 0 saturated heterocycles. The van der Waals surface area contributed by atoms with Gasteiger partial charge in [0.05, 0.1) is 0 Å². The van der Waals surface area contributed by atoms with Crippen molar-refractivity contribution in [2.45, 2.75) is 129 Å². The van der Waals surface area contributed by atoms with Crippen molar-refractivity contribution in [2.24, 2.45) is 0 Å². The van der Waals surface area contributed by atoms with Gasteiger partial charge in [0.2, 0.25) is 0 Å². The predicted molar refractivity (Wildman–Crippen MR) is 231 cm³/mol. The van der Waals surface area contributed by atoms with Gasteiger partial charge in [-0.1, -0.05) is 88.5 Å². The molecule has 0 amide bonds. The molecule has 5 aromatic rings. The van der Waals surface area contributed by atoms with E-state index in [1.54, 1.807) is 0 Å². The monoisotopic (exact) mass is 762 g/mol. The maximum absolute atomic E-state index is 4.30. The molecule has 0 bridgehead atoms. The number of pyridine rings is 4. The normalized spacial score (nSPS) is 11.3. The first-order valence-electron chi connectivity index (χ1n) is 21.0. The summed E-state index contributed by atoms with van der Waals surface area (Å²) in [6, 6.07) is 27.0. The van der Waals surface area contributed by atoms with Crippen LogP contribution in [0.1, 0.15) is 114 Å². The molecule has 0 aliphatic heterocycles. The number of aromatic nitrogens is 4. The molecule has 0 spiro atoms. The summed E-state index contributed by atoms with van der Waals surface area (Å²) in [5.74, 6) is 2.06. The zero-order valence-corrected chi connectivity index (χ0v) is 34.6. The summed E-state index contributed by atoms with van der Waals surface area (Å²) >= 11 is 8.61. The number of unbranched alkanes of at least 4 members (excludes halogenated alkanes) is 14. The van der Waals surface area contributed by atoms with Crippen molar-refractivity contribution >= 4 is 25.3 Å². The number of aryl methyl sites for hydroxylation is 2. The molecule has 0 N–H and O–H groups in total. The van der Waals surface area contributed by atoms with Crippen LogP contribution in [0.25, 0.3) is 22.3 Å². The number of hydrogen-bond donors (Lipinski definition) is 2. The van der Waals surface area contributed by atoms with Crippen molar-refractivity contribution in [2.75, 3.05) is 11.5 Å². The highest BCUT2D eigenvalue weighted by molar-refractivity contribution is 7.80.